The van der Waals surface area contributed by atoms with Gasteiger partial charge in [-0.05, 0) is 42.0 Å². The summed E-state index contributed by atoms with van der Waals surface area (Å²) in [6.45, 7) is 8.39. The van der Waals surface area contributed by atoms with Crippen LogP contribution in [0.5, 0.6) is 0 Å². The zero-order valence-electron chi connectivity index (χ0n) is 10.4. The van der Waals surface area contributed by atoms with Gasteiger partial charge in [-0.2, -0.15) is 0 Å². The molecule has 0 aromatic heterocycles. The quantitative estimate of drug-likeness (QED) is 0.609. The highest BCUT2D eigenvalue weighted by atomic mass is 19.1. The number of nitrogens with one attached hydrogen (secondary N) is 1. The SMILES string of the molecule is Cc1ccc(F)cc1C(NN)C(C)C(C)C. The van der Waals surface area contributed by atoms with Gasteiger partial charge < -0.3 is 0 Å². The molecule has 16 heavy (non-hydrogen) atoms. The van der Waals surface area contributed by atoms with Crippen molar-refractivity contribution >= 4 is 0 Å². The van der Waals surface area contributed by atoms with Crippen LogP contribution in [-0.2, 0) is 0 Å². The van der Waals surface area contributed by atoms with Crippen molar-refractivity contribution < 1.29 is 4.39 Å². The van der Waals surface area contributed by atoms with Gasteiger partial charge in [-0.15, -0.1) is 0 Å². The summed E-state index contributed by atoms with van der Waals surface area (Å²) >= 11 is 0. The fourth-order valence-electron chi connectivity index (χ4n) is 1.86. The predicted molar refractivity (Wildman–Crippen MR) is 65.2 cm³/mol. The van der Waals surface area contributed by atoms with Crippen LogP contribution >= 0.6 is 0 Å². The van der Waals surface area contributed by atoms with Gasteiger partial charge in [0.2, 0.25) is 0 Å². The maximum Gasteiger partial charge on any atom is 0.123 e. The molecule has 0 amide bonds. The first-order chi connectivity index (χ1) is 7.47. The van der Waals surface area contributed by atoms with E-state index in [0.29, 0.717) is 11.8 Å². The van der Waals surface area contributed by atoms with Crippen molar-refractivity contribution in [2.24, 2.45) is 17.7 Å². The standard InChI is InChI=1S/C13H21FN2/c1-8(2)10(4)13(16-15)12-7-11(14)6-5-9(12)3/h5-8,10,13,16H,15H2,1-4H3. The summed E-state index contributed by atoms with van der Waals surface area (Å²) in [5.41, 5.74) is 4.82. The van der Waals surface area contributed by atoms with E-state index in [2.05, 4.69) is 26.2 Å². The third kappa shape index (κ3) is 2.80. The second-order valence-corrected chi connectivity index (χ2v) is 4.75. The van der Waals surface area contributed by atoms with Gasteiger partial charge in [-0.1, -0.05) is 26.8 Å². The van der Waals surface area contributed by atoms with Gasteiger partial charge in [0.15, 0.2) is 0 Å². The number of aryl methyl sites for hydroxylation is 1. The van der Waals surface area contributed by atoms with Crippen LogP contribution in [0.4, 0.5) is 4.39 Å². The highest BCUT2D eigenvalue weighted by Gasteiger charge is 2.22. The molecule has 3 N–H and O–H groups in total. The lowest BCUT2D eigenvalue weighted by atomic mass is 9.85. The van der Waals surface area contributed by atoms with Crippen LogP contribution in [0, 0.1) is 24.6 Å². The van der Waals surface area contributed by atoms with Gasteiger partial charge in [0, 0.05) is 6.04 Å². The lowest BCUT2D eigenvalue weighted by molar-refractivity contribution is 0.305. The average molecular weight is 224 g/mol. The second-order valence-electron chi connectivity index (χ2n) is 4.75. The number of hydrazine groups is 1. The molecule has 0 aliphatic rings. The molecule has 0 saturated carbocycles. The largest absolute Gasteiger partial charge is 0.271 e. The number of hydrogen-bond acceptors (Lipinski definition) is 2. The Morgan fingerprint density at radius 2 is 1.88 bits per heavy atom. The molecule has 2 atom stereocenters. The molecule has 1 rings (SSSR count). The summed E-state index contributed by atoms with van der Waals surface area (Å²) in [4.78, 5) is 0. The smallest absolute Gasteiger partial charge is 0.123 e. The Labute approximate surface area is 97.0 Å². The Kier molecular flexibility index (Phi) is 4.44. The Morgan fingerprint density at radius 3 is 2.38 bits per heavy atom. The molecule has 0 bridgehead atoms. The Balaban J connectivity index is 3.07. The first-order valence-electron chi connectivity index (χ1n) is 5.69. The molecule has 3 heteroatoms. The third-order valence-corrected chi connectivity index (χ3v) is 3.33. The number of nitrogens with two attached hydrogens (primary N) is 1. The molecule has 0 spiro atoms. The summed E-state index contributed by atoms with van der Waals surface area (Å²) in [5.74, 6) is 6.22. The summed E-state index contributed by atoms with van der Waals surface area (Å²) < 4.78 is 13.2. The minimum absolute atomic E-state index is 0.00398. The molecule has 0 radical (unpaired) electrons. The van der Waals surface area contributed by atoms with Gasteiger partial charge >= 0.3 is 0 Å². The Bertz CT molecular complexity index is 350. The van der Waals surface area contributed by atoms with Crippen LogP contribution in [0.3, 0.4) is 0 Å². The van der Waals surface area contributed by atoms with Gasteiger partial charge in [0.05, 0.1) is 0 Å². The van der Waals surface area contributed by atoms with E-state index in [4.69, 9.17) is 5.84 Å². The van der Waals surface area contributed by atoms with E-state index in [1.54, 1.807) is 12.1 Å². The van der Waals surface area contributed by atoms with Gasteiger partial charge in [-0.3, -0.25) is 11.3 Å². The van der Waals surface area contributed by atoms with Gasteiger partial charge in [-0.25, -0.2) is 4.39 Å². The van der Waals surface area contributed by atoms with E-state index >= 15 is 0 Å². The van der Waals surface area contributed by atoms with Crippen molar-refractivity contribution in [1.82, 2.24) is 5.43 Å². The van der Waals surface area contributed by atoms with Crippen LogP contribution in [0.25, 0.3) is 0 Å². The van der Waals surface area contributed by atoms with Crippen LogP contribution in [-0.4, -0.2) is 0 Å². The van der Waals surface area contributed by atoms with E-state index in [-0.39, 0.29) is 11.9 Å². The Morgan fingerprint density at radius 1 is 1.25 bits per heavy atom. The highest BCUT2D eigenvalue weighted by Crippen LogP contribution is 2.29. The van der Waals surface area contributed by atoms with Crippen molar-refractivity contribution in [3.63, 3.8) is 0 Å². The number of benzene rings is 1. The molecular formula is C13H21FN2. The molecule has 0 fully saturated rings. The van der Waals surface area contributed by atoms with Crippen LogP contribution in [0.1, 0.15) is 37.9 Å². The molecule has 90 valence electrons. The molecule has 0 heterocycles. The first kappa shape index (κ1) is 13.1. The second kappa shape index (κ2) is 5.41. The zero-order valence-corrected chi connectivity index (χ0v) is 10.4. The van der Waals surface area contributed by atoms with E-state index in [0.717, 1.165) is 11.1 Å². The summed E-state index contributed by atoms with van der Waals surface area (Å²) in [6, 6.07) is 4.84. The number of rotatable bonds is 4. The fourth-order valence-corrected chi connectivity index (χ4v) is 1.86. The fraction of sp³-hybridized carbons (Fsp3) is 0.538. The topological polar surface area (TPSA) is 38.0 Å². The summed E-state index contributed by atoms with van der Waals surface area (Å²) in [7, 11) is 0. The van der Waals surface area contributed by atoms with E-state index < -0.39 is 0 Å². The van der Waals surface area contributed by atoms with Crippen LogP contribution < -0.4 is 11.3 Å². The first-order valence-corrected chi connectivity index (χ1v) is 5.69. The van der Waals surface area contributed by atoms with Crippen molar-refractivity contribution in [2.45, 2.75) is 33.7 Å². The van der Waals surface area contributed by atoms with E-state index in [9.17, 15) is 4.39 Å². The van der Waals surface area contributed by atoms with Crippen molar-refractivity contribution in [3.05, 3.63) is 35.1 Å². The molecule has 2 nitrogen and oxygen atoms in total. The predicted octanol–water partition coefficient (Wildman–Crippen LogP) is 2.93. The van der Waals surface area contributed by atoms with Crippen LogP contribution in [0.2, 0.25) is 0 Å². The lowest BCUT2D eigenvalue weighted by Crippen LogP contribution is -2.35. The van der Waals surface area contributed by atoms with E-state index in [1.165, 1.54) is 6.07 Å². The molecule has 0 saturated heterocycles. The summed E-state index contributed by atoms with van der Waals surface area (Å²) in [5, 5.41) is 0. The van der Waals surface area contributed by atoms with Crippen molar-refractivity contribution in [1.29, 1.82) is 0 Å². The molecule has 0 aliphatic carbocycles. The molecule has 1 aromatic rings. The van der Waals surface area contributed by atoms with Crippen molar-refractivity contribution in [3.8, 4) is 0 Å². The summed E-state index contributed by atoms with van der Waals surface area (Å²) in [6.07, 6.45) is 0. The van der Waals surface area contributed by atoms with Crippen molar-refractivity contribution in [2.75, 3.05) is 0 Å². The number of hydrogen-bond donors (Lipinski definition) is 2. The van der Waals surface area contributed by atoms with E-state index in [1.807, 2.05) is 6.92 Å². The molecule has 1 aromatic carbocycles. The van der Waals surface area contributed by atoms with Gasteiger partial charge in [0.1, 0.15) is 5.82 Å². The zero-order chi connectivity index (χ0) is 12.3. The van der Waals surface area contributed by atoms with Crippen LogP contribution in [0.15, 0.2) is 18.2 Å². The van der Waals surface area contributed by atoms with Gasteiger partial charge in [0.25, 0.3) is 0 Å². The minimum Gasteiger partial charge on any atom is -0.271 e. The molecular weight excluding hydrogens is 203 g/mol. The maximum atomic E-state index is 13.2. The molecule has 0 aliphatic heterocycles. The molecule has 2 unspecified atom stereocenters. The monoisotopic (exact) mass is 224 g/mol. The number of halogens is 1. The minimum atomic E-state index is -0.211. The lowest BCUT2D eigenvalue weighted by Gasteiger charge is -2.28. The normalized spacial score (nSPS) is 15.2. The third-order valence-electron chi connectivity index (χ3n) is 3.33. The maximum absolute atomic E-state index is 13.2. The Hall–Kier alpha value is -0.930. The average Bonchev–Trinajstić information content (AvgIpc) is 2.23. The highest BCUT2D eigenvalue weighted by molar-refractivity contribution is 5.30.